The number of phenols is 1. The molecule has 0 saturated carbocycles. The molecule has 3 aromatic rings. The van der Waals surface area contributed by atoms with Gasteiger partial charge in [-0.2, -0.15) is 0 Å². The van der Waals surface area contributed by atoms with Gasteiger partial charge in [0.1, 0.15) is 5.75 Å². The highest BCUT2D eigenvalue weighted by atomic mass is 32.2. The molecular formula is C28H31N3O7S. The summed E-state index contributed by atoms with van der Waals surface area (Å²) < 4.78 is 29.9. The largest absolute Gasteiger partial charge is 0.506 e. The molecule has 1 heterocycles. The molecule has 10 nitrogen and oxygen atoms in total. The number of sulfonamides is 1. The van der Waals surface area contributed by atoms with Crippen molar-refractivity contribution >= 4 is 33.3 Å². The maximum atomic E-state index is 12.5. The van der Waals surface area contributed by atoms with Gasteiger partial charge in [0.05, 0.1) is 37.5 Å². The van der Waals surface area contributed by atoms with Crippen LogP contribution in [0.5, 0.6) is 5.75 Å². The smallest absolute Gasteiger partial charge is 0.306 e. The number of aliphatic hydroxyl groups excluding tert-OH is 1. The zero-order valence-corrected chi connectivity index (χ0v) is 22.4. The number of esters is 1. The maximum absolute atomic E-state index is 12.5. The average Bonchev–Trinajstić information content (AvgIpc) is 2.89. The SMILES string of the molecule is COC(=O)CC1Cc2ccc(-c3cccc(CNC[C@H](O)c4ccc(O)c(NS(C)(=O)=O)c4)c3)cc2NC1=O. The normalized spacial score (nSPS) is 15.7. The van der Waals surface area contributed by atoms with Crippen LogP contribution in [0.25, 0.3) is 11.1 Å². The first-order valence-corrected chi connectivity index (χ1v) is 14.2. The number of anilines is 2. The summed E-state index contributed by atoms with van der Waals surface area (Å²) in [4.78, 5) is 24.1. The number of carbonyl (C=O) groups excluding carboxylic acids is 2. The third-order valence-corrected chi connectivity index (χ3v) is 7.06. The summed E-state index contributed by atoms with van der Waals surface area (Å²) >= 11 is 0. The van der Waals surface area contributed by atoms with Crippen molar-refractivity contribution < 1.29 is 33.0 Å². The van der Waals surface area contributed by atoms with Crippen molar-refractivity contribution in [3.63, 3.8) is 0 Å². The molecule has 0 radical (unpaired) electrons. The Bertz CT molecular complexity index is 1490. The molecule has 0 saturated heterocycles. The summed E-state index contributed by atoms with van der Waals surface area (Å²) in [5.41, 5.74) is 5.00. The van der Waals surface area contributed by atoms with Gasteiger partial charge in [0.25, 0.3) is 0 Å². The van der Waals surface area contributed by atoms with E-state index in [9.17, 15) is 28.2 Å². The number of hydrogen-bond acceptors (Lipinski definition) is 8. The topological polar surface area (TPSA) is 154 Å². The summed E-state index contributed by atoms with van der Waals surface area (Å²) in [6.07, 6.45) is 0.559. The molecule has 1 amide bonds. The zero-order chi connectivity index (χ0) is 28.2. The first-order chi connectivity index (χ1) is 18.5. The van der Waals surface area contributed by atoms with E-state index in [0.717, 1.165) is 34.2 Å². The fraction of sp³-hybridized carbons (Fsp3) is 0.286. The van der Waals surface area contributed by atoms with E-state index < -0.39 is 28.0 Å². The van der Waals surface area contributed by atoms with Crippen LogP contribution in [0.3, 0.4) is 0 Å². The first-order valence-electron chi connectivity index (χ1n) is 12.3. The number of aliphatic hydroxyl groups is 1. The van der Waals surface area contributed by atoms with E-state index in [4.69, 9.17) is 4.74 Å². The van der Waals surface area contributed by atoms with Crippen molar-refractivity contribution in [2.75, 3.05) is 29.9 Å². The zero-order valence-electron chi connectivity index (χ0n) is 21.6. The molecule has 1 aliphatic heterocycles. The lowest BCUT2D eigenvalue weighted by atomic mass is 9.89. The van der Waals surface area contributed by atoms with E-state index in [0.29, 0.717) is 18.5 Å². The molecule has 0 aromatic heterocycles. The van der Waals surface area contributed by atoms with Crippen LogP contribution in [0, 0.1) is 5.92 Å². The molecule has 1 unspecified atom stereocenters. The number of phenolic OH excluding ortho intramolecular Hbond substituents is 1. The van der Waals surface area contributed by atoms with Gasteiger partial charge in [0.15, 0.2) is 0 Å². The van der Waals surface area contributed by atoms with Crippen LogP contribution in [0.1, 0.15) is 29.2 Å². The Morgan fingerprint density at radius 2 is 1.90 bits per heavy atom. The molecule has 2 atom stereocenters. The number of methoxy groups -OCH3 is 1. The minimum Gasteiger partial charge on any atom is -0.506 e. The van der Waals surface area contributed by atoms with Gasteiger partial charge < -0.3 is 25.6 Å². The van der Waals surface area contributed by atoms with Gasteiger partial charge in [-0.1, -0.05) is 36.4 Å². The lowest BCUT2D eigenvalue weighted by Gasteiger charge is -2.24. The van der Waals surface area contributed by atoms with Gasteiger partial charge in [-0.15, -0.1) is 0 Å². The molecule has 4 rings (SSSR count). The Balaban J connectivity index is 1.39. The second kappa shape index (κ2) is 11.9. The summed E-state index contributed by atoms with van der Waals surface area (Å²) in [7, 11) is -2.28. The summed E-state index contributed by atoms with van der Waals surface area (Å²) in [5, 5.41) is 26.6. The van der Waals surface area contributed by atoms with Gasteiger partial charge in [0, 0.05) is 18.8 Å². The molecule has 11 heteroatoms. The highest BCUT2D eigenvalue weighted by molar-refractivity contribution is 7.92. The van der Waals surface area contributed by atoms with Crippen molar-refractivity contribution in [1.82, 2.24) is 5.32 Å². The Hall–Kier alpha value is -3.93. The molecule has 0 fully saturated rings. The van der Waals surface area contributed by atoms with Crippen LogP contribution in [-0.4, -0.2) is 50.4 Å². The minimum atomic E-state index is -3.58. The monoisotopic (exact) mass is 553 g/mol. The number of aromatic hydroxyl groups is 1. The number of hydrogen-bond donors (Lipinski definition) is 5. The number of carbonyl (C=O) groups is 2. The van der Waals surface area contributed by atoms with Gasteiger partial charge in [-0.3, -0.25) is 14.3 Å². The molecular weight excluding hydrogens is 522 g/mol. The highest BCUT2D eigenvalue weighted by Crippen LogP contribution is 2.32. The fourth-order valence-corrected chi connectivity index (χ4v) is 5.03. The summed E-state index contributed by atoms with van der Waals surface area (Å²) in [6.45, 7) is 0.666. The maximum Gasteiger partial charge on any atom is 0.306 e. The van der Waals surface area contributed by atoms with Crippen molar-refractivity contribution in [3.8, 4) is 16.9 Å². The molecule has 0 spiro atoms. The molecule has 0 aliphatic carbocycles. The highest BCUT2D eigenvalue weighted by Gasteiger charge is 2.28. The van der Waals surface area contributed by atoms with Gasteiger partial charge in [-0.05, 0) is 58.5 Å². The van der Waals surface area contributed by atoms with Crippen LogP contribution in [-0.2, 0) is 37.3 Å². The van der Waals surface area contributed by atoms with Crippen LogP contribution in [0.4, 0.5) is 11.4 Å². The van der Waals surface area contributed by atoms with Crippen LogP contribution >= 0.6 is 0 Å². The summed E-state index contributed by atoms with van der Waals surface area (Å²) in [6, 6.07) is 18.0. The summed E-state index contributed by atoms with van der Waals surface area (Å²) in [5.74, 6) is -1.30. The fourth-order valence-electron chi connectivity index (χ4n) is 4.47. The lowest BCUT2D eigenvalue weighted by molar-refractivity contribution is -0.143. The van der Waals surface area contributed by atoms with Crippen molar-refractivity contribution in [1.29, 1.82) is 0 Å². The third kappa shape index (κ3) is 7.34. The van der Waals surface area contributed by atoms with E-state index in [1.54, 1.807) is 0 Å². The lowest BCUT2D eigenvalue weighted by Crippen LogP contribution is -2.31. The number of nitrogens with one attached hydrogen (secondary N) is 3. The molecule has 3 aromatic carbocycles. The van der Waals surface area contributed by atoms with Gasteiger partial charge in [0.2, 0.25) is 15.9 Å². The molecule has 1 aliphatic rings. The van der Waals surface area contributed by atoms with E-state index in [2.05, 4.69) is 15.4 Å². The number of amides is 1. The molecule has 39 heavy (non-hydrogen) atoms. The molecule has 206 valence electrons. The Morgan fingerprint density at radius 1 is 1.13 bits per heavy atom. The minimum absolute atomic E-state index is 0.00183. The second-order valence-electron chi connectivity index (χ2n) is 9.54. The number of rotatable bonds is 10. The van der Waals surface area contributed by atoms with Crippen LogP contribution in [0.15, 0.2) is 60.7 Å². The molecule has 0 bridgehead atoms. The third-order valence-electron chi connectivity index (χ3n) is 6.47. The molecule has 5 N–H and O–H groups in total. The van der Waals surface area contributed by atoms with Crippen LogP contribution < -0.4 is 15.4 Å². The van der Waals surface area contributed by atoms with E-state index in [1.807, 2.05) is 42.5 Å². The predicted molar refractivity (Wildman–Crippen MR) is 148 cm³/mol. The number of ether oxygens (including phenoxy) is 1. The van der Waals surface area contributed by atoms with Gasteiger partial charge in [-0.25, -0.2) is 8.42 Å². The van der Waals surface area contributed by atoms with Crippen LogP contribution in [0.2, 0.25) is 0 Å². The van der Waals surface area contributed by atoms with E-state index in [-0.39, 0.29) is 30.3 Å². The standard InChI is InChI=1S/C28H31N3O7S/c1-38-27(34)14-22-11-20-7-6-19(12-23(20)30-28(22)35)18-5-3-4-17(10-18)15-29-16-26(33)21-8-9-25(32)24(13-21)31-39(2,36)37/h3-10,12-13,22,26,29,31-33H,11,14-16H2,1-2H3,(H,30,35)/t22?,26-/m0/s1. The second-order valence-corrected chi connectivity index (χ2v) is 11.3. The Labute approximate surface area is 227 Å². The Morgan fingerprint density at radius 3 is 2.64 bits per heavy atom. The van der Waals surface area contributed by atoms with Crippen molar-refractivity contribution in [2.45, 2.75) is 25.5 Å². The van der Waals surface area contributed by atoms with E-state index in [1.165, 1.54) is 25.3 Å². The average molecular weight is 554 g/mol. The predicted octanol–water partition coefficient (Wildman–Crippen LogP) is 2.93. The Kier molecular flexibility index (Phi) is 8.54. The number of benzene rings is 3. The first kappa shape index (κ1) is 28.1. The quantitative estimate of drug-likeness (QED) is 0.190. The number of fused-ring (bicyclic) bond motifs is 1. The van der Waals surface area contributed by atoms with E-state index >= 15 is 0 Å². The van der Waals surface area contributed by atoms with Crippen molar-refractivity contribution in [3.05, 3.63) is 77.4 Å². The van der Waals surface area contributed by atoms with Crippen molar-refractivity contribution in [2.24, 2.45) is 5.92 Å². The van der Waals surface area contributed by atoms with Gasteiger partial charge >= 0.3 is 5.97 Å².